The van der Waals surface area contributed by atoms with Gasteiger partial charge in [-0.15, -0.1) is 0 Å². The molecule has 0 radical (unpaired) electrons. The molecule has 0 amide bonds. The molecule has 2 aromatic heterocycles. The molecule has 146 valence electrons. The van der Waals surface area contributed by atoms with E-state index in [1.54, 1.807) is 18.2 Å². The van der Waals surface area contributed by atoms with E-state index in [1.807, 2.05) is 0 Å². The molecule has 9 heteroatoms. The molecule has 2 heterocycles. The van der Waals surface area contributed by atoms with Gasteiger partial charge in [-0.25, -0.2) is 8.42 Å². The number of sulfone groups is 1. The third-order valence-corrected chi connectivity index (χ3v) is 7.48. The van der Waals surface area contributed by atoms with Gasteiger partial charge in [0.2, 0.25) is 9.84 Å². The van der Waals surface area contributed by atoms with E-state index in [1.165, 1.54) is 35.2 Å². The zero-order chi connectivity index (χ0) is 19.9. The average molecular weight is 418 g/mol. The Balaban J connectivity index is 2.03. The van der Waals surface area contributed by atoms with Gasteiger partial charge < -0.3 is 4.55 Å². The molecule has 1 aliphatic rings. The van der Waals surface area contributed by atoms with Crippen LogP contribution in [0, 0.1) is 0 Å². The lowest BCUT2D eigenvalue weighted by Crippen LogP contribution is -2.29. The van der Waals surface area contributed by atoms with Crippen molar-refractivity contribution in [1.29, 1.82) is 0 Å². The molecule has 4 rings (SSSR count). The second-order valence-electron chi connectivity index (χ2n) is 6.82. The largest absolute Gasteiger partial charge is 0.609 e. The summed E-state index contributed by atoms with van der Waals surface area (Å²) in [6, 6.07) is 9.10. The van der Waals surface area contributed by atoms with Crippen LogP contribution >= 0.6 is 0 Å². The number of fused-ring (bicyclic) bond motifs is 1. The summed E-state index contributed by atoms with van der Waals surface area (Å²) >= 11 is -1.41. The van der Waals surface area contributed by atoms with Gasteiger partial charge in [-0.3, -0.25) is 9.36 Å². The van der Waals surface area contributed by atoms with Gasteiger partial charge in [-0.1, -0.05) is 31.0 Å². The molecular formula is C19H19N3O4S2. The highest BCUT2D eigenvalue weighted by Crippen LogP contribution is 2.31. The first-order chi connectivity index (χ1) is 13.4. The van der Waals surface area contributed by atoms with Gasteiger partial charge in [-0.05, 0) is 31.0 Å². The minimum Gasteiger partial charge on any atom is -0.609 e. The lowest BCUT2D eigenvalue weighted by Gasteiger charge is -2.18. The molecule has 0 saturated heterocycles. The van der Waals surface area contributed by atoms with E-state index in [9.17, 15) is 17.8 Å². The minimum atomic E-state index is -3.99. The van der Waals surface area contributed by atoms with Crippen LogP contribution in [-0.4, -0.2) is 33.8 Å². The zero-order valence-corrected chi connectivity index (χ0v) is 16.9. The fourth-order valence-corrected chi connectivity index (χ4v) is 5.43. The van der Waals surface area contributed by atoms with Crippen molar-refractivity contribution in [3.63, 3.8) is 0 Å². The maximum atomic E-state index is 13.3. The van der Waals surface area contributed by atoms with E-state index in [-0.39, 0.29) is 21.0 Å². The Bertz CT molecular complexity index is 1190. The fraction of sp³-hybridized carbons (Fsp3) is 0.316. The van der Waals surface area contributed by atoms with Crippen LogP contribution in [0.15, 0.2) is 62.3 Å². The molecule has 0 aliphatic heterocycles. The number of nitrogens with zero attached hydrogens (tertiary/aromatic N) is 3. The van der Waals surface area contributed by atoms with Crippen molar-refractivity contribution in [2.24, 2.45) is 0 Å². The molecule has 1 aliphatic carbocycles. The van der Waals surface area contributed by atoms with Crippen LogP contribution in [-0.2, 0) is 21.0 Å². The molecule has 0 bridgehead atoms. The molecular weight excluding hydrogens is 398 g/mol. The summed E-state index contributed by atoms with van der Waals surface area (Å²) in [5, 5.41) is 0.563. The Morgan fingerprint density at radius 2 is 1.86 bits per heavy atom. The predicted molar refractivity (Wildman–Crippen MR) is 106 cm³/mol. The third kappa shape index (κ3) is 3.23. The molecule has 1 saturated carbocycles. The minimum absolute atomic E-state index is 0.0663. The molecule has 1 unspecified atom stereocenters. The van der Waals surface area contributed by atoms with E-state index < -0.39 is 26.6 Å². The van der Waals surface area contributed by atoms with Crippen LogP contribution < -0.4 is 5.56 Å². The molecule has 1 atom stereocenters. The van der Waals surface area contributed by atoms with Crippen molar-refractivity contribution in [2.75, 3.05) is 6.26 Å². The van der Waals surface area contributed by atoms with Gasteiger partial charge in [0.15, 0.2) is 5.65 Å². The van der Waals surface area contributed by atoms with Gasteiger partial charge in [0.1, 0.15) is 11.2 Å². The highest BCUT2D eigenvalue weighted by Gasteiger charge is 2.29. The van der Waals surface area contributed by atoms with E-state index in [2.05, 4.69) is 9.97 Å². The Hall–Kier alpha value is -2.23. The van der Waals surface area contributed by atoms with Crippen molar-refractivity contribution in [3.05, 3.63) is 52.9 Å². The summed E-state index contributed by atoms with van der Waals surface area (Å²) in [6.07, 6.45) is 6.38. The number of aromatic nitrogens is 3. The number of benzene rings is 1. The van der Waals surface area contributed by atoms with Crippen LogP contribution in [0.1, 0.15) is 31.7 Å². The third-order valence-electron chi connectivity index (χ3n) is 5.01. The SMILES string of the molecule is C[S+]([O-])c1ncc2cc(S(=O)(=O)c3ccccc3)c(=O)n(C3CCCC3)c2n1. The molecule has 7 nitrogen and oxygen atoms in total. The first kappa shape index (κ1) is 19.1. The van der Waals surface area contributed by atoms with E-state index >= 15 is 0 Å². The van der Waals surface area contributed by atoms with E-state index in [4.69, 9.17) is 0 Å². The molecule has 0 N–H and O–H groups in total. The van der Waals surface area contributed by atoms with Crippen LogP contribution in [0.3, 0.4) is 0 Å². The van der Waals surface area contributed by atoms with Crippen molar-refractivity contribution in [1.82, 2.24) is 14.5 Å². The smallest absolute Gasteiger partial charge is 0.344 e. The van der Waals surface area contributed by atoms with Gasteiger partial charge in [0.05, 0.1) is 4.90 Å². The first-order valence-electron chi connectivity index (χ1n) is 8.95. The monoisotopic (exact) mass is 417 g/mol. The number of pyridine rings is 1. The van der Waals surface area contributed by atoms with Crippen LogP contribution in [0.2, 0.25) is 0 Å². The molecule has 0 spiro atoms. The summed E-state index contributed by atoms with van der Waals surface area (Å²) in [5.41, 5.74) is -0.251. The van der Waals surface area contributed by atoms with Crippen molar-refractivity contribution in [2.45, 2.75) is 46.7 Å². The topological polar surface area (TPSA) is 105 Å². The highest BCUT2D eigenvalue weighted by molar-refractivity contribution is 7.91. The number of rotatable bonds is 4. The lowest BCUT2D eigenvalue weighted by molar-refractivity contribution is 0.505. The van der Waals surface area contributed by atoms with Crippen LogP contribution in [0.25, 0.3) is 11.0 Å². The summed E-state index contributed by atoms with van der Waals surface area (Å²) in [5.74, 6) is 0. The van der Waals surface area contributed by atoms with Gasteiger partial charge in [0.25, 0.3) is 5.56 Å². The van der Waals surface area contributed by atoms with Crippen molar-refractivity contribution < 1.29 is 13.0 Å². The van der Waals surface area contributed by atoms with E-state index in [0.717, 1.165) is 25.7 Å². The van der Waals surface area contributed by atoms with Gasteiger partial charge >= 0.3 is 5.16 Å². The maximum absolute atomic E-state index is 13.3. The van der Waals surface area contributed by atoms with Gasteiger partial charge in [0, 0.05) is 28.8 Å². The average Bonchev–Trinajstić information content (AvgIpc) is 3.21. The van der Waals surface area contributed by atoms with Crippen LogP contribution in [0.4, 0.5) is 0 Å². The second kappa shape index (κ2) is 7.31. The van der Waals surface area contributed by atoms with Gasteiger partial charge in [-0.2, -0.15) is 9.97 Å². The normalized spacial score (nSPS) is 16.5. The Kier molecular flexibility index (Phi) is 4.98. The van der Waals surface area contributed by atoms with Crippen LogP contribution in [0.5, 0.6) is 0 Å². The quantitative estimate of drug-likeness (QED) is 0.477. The van der Waals surface area contributed by atoms with Crippen molar-refractivity contribution >= 4 is 32.0 Å². The van der Waals surface area contributed by atoms with E-state index in [0.29, 0.717) is 11.0 Å². The summed E-state index contributed by atoms with van der Waals surface area (Å²) in [6.45, 7) is 0. The summed E-state index contributed by atoms with van der Waals surface area (Å²) in [7, 11) is -3.99. The summed E-state index contributed by atoms with van der Waals surface area (Å²) in [4.78, 5) is 21.5. The molecule has 3 aromatic rings. The lowest BCUT2D eigenvalue weighted by atomic mass is 10.2. The molecule has 1 aromatic carbocycles. The zero-order valence-electron chi connectivity index (χ0n) is 15.2. The predicted octanol–water partition coefficient (Wildman–Crippen LogP) is 2.48. The molecule has 28 heavy (non-hydrogen) atoms. The maximum Gasteiger partial charge on any atom is 0.344 e. The summed E-state index contributed by atoms with van der Waals surface area (Å²) < 4.78 is 39.6. The first-order valence-corrected chi connectivity index (χ1v) is 12.0. The number of hydrogen-bond acceptors (Lipinski definition) is 6. The Morgan fingerprint density at radius 1 is 1.18 bits per heavy atom. The molecule has 1 fully saturated rings. The Labute approximate surface area is 165 Å². The standard InChI is InChI=1S/C19H19N3O4S2/c1-27(24)19-20-12-13-11-16(28(25,26)15-9-3-2-4-10-15)18(23)22(17(13)21-19)14-7-5-6-8-14/h2-4,9-12,14H,5-8H2,1H3. The Morgan fingerprint density at radius 3 is 2.50 bits per heavy atom. The highest BCUT2D eigenvalue weighted by atomic mass is 32.2. The van der Waals surface area contributed by atoms with Crippen molar-refractivity contribution in [3.8, 4) is 0 Å². The second-order valence-corrected chi connectivity index (χ2v) is 10.0. The number of hydrogen-bond donors (Lipinski definition) is 0. The fourth-order valence-electron chi connectivity index (χ4n) is 3.64.